The number of carboxylic acid groups (broad SMARTS) is 1. The predicted molar refractivity (Wildman–Crippen MR) is 134 cm³/mol. The number of benzene rings is 2. The van der Waals surface area contributed by atoms with Crippen LogP contribution in [0.1, 0.15) is 29.2 Å². The SMILES string of the molecule is COc1cccc(NC(=O)CN2CCN(c3cc4c(cc3F)c(=O)c(C(=O)O)cn4C3CC3)CC2)c1. The Morgan fingerprint density at radius 1 is 1.14 bits per heavy atom. The van der Waals surface area contributed by atoms with Gasteiger partial charge in [-0.25, -0.2) is 9.18 Å². The highest BCUT2D eigenvalue weighted by Gasteiger charge is 2.28. The molecule has 5 rings (SSSR count). The van der Waals surface area contributed by atoms with Gasteiger partial charge < -0.3 is 24.6 Å². The molecule has 1 aliphatic carbocycles. The van der Waals surface area contributed by atoms with E-state index in [0.29, 0.717) is 48.8 Å². The van der Waals surface area contributed by atoms with Gasteiger partial charge in [-0.05, 0) is 37.1 Å². The molecule has 1 saturated carbocycles. The fraction of sp³-hybridized carbons (Fsp3) is 0.346. The van der Waals surface area contributed by atoms with Crippen molar-refractivity contribution in [3.8, 4) is 5.75 Å². The molecule has 0 radical (unpaired) electrons. The summed E-state index contributed by atoms with van der Waals surface area (Å²) in [5, 5.41) is 12.4. The molecule has 36 heavy (non-hydrogen) atoms. The molecule has 2 fully saturated rings. The third-order valence-electron chi connectivity index (χ3n) is 6.71. The van der Waals surface area contributed by atoms with Crippen LogP contribution in [0.15, 0.2) is 47.4 Å². The molecule has 1 aromatic heterocycles. The van der Waals surface area contributed by atoms with Crippen molar-refractivity contribution >= 4 is 34.2 Å². The maximum atomic E-state index is 15.2. The number of aromatic carboxylic acids is 1. The largest absolute Gasteiger partial charge is 0.497 e. The number of anilines is 2. The Kier molecular flexibility index (Phi) is 6.36. The number of rotatable bonds is 7. The molecule has 0 spiro atoms. The summed E-state index contributed by atoms with van der Waals surface area (Å²) >= 11 is 0. The first kappa shape index (κ1) is 23.8. The zero-order valence-electron chi connectivity index (χ0n) is 19.9. The molecule has 0 atom stereocenters. The lowest BCUT2D eigenvalue weighted by Crippen LogP contribution is -2.49. The van der Waals surface area contributed by atoms with Gasteiger partial charge in [0.25, 0.3) is 0 Å². The molecule has 3 aromatic rings. The number of nitrogens with one attached hydrogen (secondary N) is 1. The van der Waals surface area contributed by atoms with Crippen molar-refractivity contribution in [3.63, 3.8) is 0 Å². The second-order valence-electron chi connectivity index (χ2n) is 9.18. The smallest absolute Gasteiger partial charge is 0.341 e. The van der Waals surface area contributed by atoms with Crippen molar-refractivity contribution in [1.29, 1.82) is 0 Å². The van der Waals surface area contributed by atoms with E-state index in [-0.39, 0.29) is 29.4 Å². The van der Waals surface area contributed by atoms with Crippen LogP contribution in [0.2, 0.25) is 0 Å². The normalized spacial score (nSPS) is 16.2. The standard InChI is InChI=1S/C26H27FN4O5/c1-36-18-4-2-3-16(11-18)28-24(32)15-29-7-9-30(10-8-29)23-13-22-19(12-21(23)27)25(33)20(26(34)35)14-31(22)17-5-6-17/h2-4,11-14,17H,5-10,15H2,1H3,(H,28,32)(H,34,35). The number of carbonyl (C=O) groups is 2. The van der Waals surface area contributed by atoms with Gasteiger partial charge in [-0.1, -0.05) is 6.07 Å². The van der Waals surface area contributed by atoms with Crippen LogP contribution in [0.5, 0.6) is 5.75 Å². The van der Waals surface area contributed by atoms with Crippen LogP contribution in [0.25, 0.3) is 10.9 Å². The van der Waals surface area contributed by atoms with Crippen molar-refractivity contribution in [2.24, 2.45) is 0 Å². The Morgan fingerprint density at radius 2 is 1.89 bits per heavy atom. The summed E-state index contributed by atoms with van der Waals surface area (Å²) in [6.45, 7) is 2.36. The minimum Gasteiger partial charge on any atom is -0.497 e. The first-order valence-corrected chi connectivity index (χ1v) is 11.9. The molecule has 2 aliphatic rings. The van der Waals surface area contributed by atoms with Crippen molar-refractivity contribution in [2.45, 2.75) is 18.9 Å². The van der Waals surface area contributed by atoms with Crippen LogP contribution in [0, 0.1) is 5.82 Å². The molecule has 2 N–H and O–H groups in total. The number of nitrogens with zero attached hydrogens (tertiary/aromatic N) is 3. The number of piperazine rings is 1. The molecule has 10 heteroatoms. The Bertz CT molecular complexity index is 1390. The predicted octanol–water partition coefficient (Wildman–Crippen LogP) is 2.94. The van der Waals surface area contributed by atoms with Gasteiger partial charge in [0.2, 0.25) is 11.3 Å². The first-order valence-electron chi connectivity index (χ1n) is 11.9. The Labute approximate surface area is 206 Å². The molecule has 188 valence electrons. The minimum absolute atomic E-state index is 0.0795. The van der Waals surface area contributed by atoms with E-state index in [1.54, 1.807) is 42.0 Å². The maximum absolute atomic E-state index is 15.2. The van der Waals surface area contributed by atoms with Crippen LogP contribution in [0.3, 0.4) is 0 Å². The van der Waals surface area contributed by atoms with Crippen LogP contribution >= 0.6 is 0 Å². The molecule has 9 nitrogen and oxygen atoms in total. The van der Waals surface area contributed by atoms with Gasteiger partial charge in [0.15, 0.2) is 0 Å². The molecule has 1 saturated heterocycles. The number of ether oxygens (including phenoxy) is 1. The first-order chi connectivity index (χ1) is 17.3. The number of carbonyl (C=O) groups excluding carboxylic acids is 1. The Morgan fingerprint density at radius 3 is 2.56 bits per heavy atom. The Hall–Kier alpha value is -3.92. The third kappa shape index (κ3) is 4.76. The Balaban J connectivity index is 1.30. The highest BCUT2D eigenvalue weighted by Crippen LogP contribution is 2.38. The van der Waals surface area contributed by atoms with Crippen molar-refractivity contribution < 1.29 is 23.8 Å². The van der Waals surface area contributed by atoms with E-state index in [9.17, 15) is 19.5 Å². The number of carboxylic acids is 1. The van der Waals surface area contributed by atoms with E-state index in [2.05, 4.69) is 5.32 Å². The molecular weight excluding hydrogens is 467 g/mol. The second kappa shape index (κ2) is 9.62. The van der Waals surface area contributed by atoms with Crippen LogP contribution in [0.4, 0.5) is 15.8 Å². The number of hydrogen-bond donors (Lipinski definition) is 2. The zero-order valence-corrected chi connectivity index (χ0v) is 19.9. The number of hydrogen-bond acceptors (Lipinski definition) is 6. The van der Waals surface area contributed by atoms with Gasteiger partial charge in [-0.2, -0.15) is 0 Å². The fourth-order valence-corrected chi connectivity index (χ4v) is 4.66. The molecular formula is C26H27FN4O5. The van der Waals surface area contributed by atoms with E-state index >= 15 is 4.39 Å². The van der Waals surface area contributed by atoms with E-state index in [4.69, 9.17) is 4.74 Å². The lowest BCUT2D eigenvalue weighted by Gasteiger charge is -2.36. The van der Waals surface area contributed by atoms with Crippen LogP contribution in [-0.2, 0) is 4.79 Å². The van der Waals surface area contributed by atoms with E-state index < -0.39 is 17.2 Å². The average molecular weight is 495 g/mol. The summed E-state index contributed by atoms with van der Waals surface area (Å²) in [7, 11) is 1.57. The van der Waals surface area contributed by atoms with Gasteiger partial charge in [0, 0.05) is 55.6 Å². The monoisotopic (exact) mass is 494 g/mol. The average Bonchev–Trinajstić information content (AvgIpc) is 3.70. The van der Waals surface area contributed by atoms with Crippen molar-refractivity contribution in [2.75, 3.05) is 50.1 Å². The number of halogens is 1. The third-order valence-corrected chi connectivity index (χ3v) is 6.71. The van der Waals surface area contributed by atoms with E-state index in [1.807, 2.05) is 9.80 Å². The van der Waals surface area contributed by atoms with Gasteiger partial charge in [-0.15, -0.1) is 0 Å². The van der Waals surface area contributed by atoms with Gasteiger partial charge in [0.05, 0.1) is 24.9 Å². The number of pyridine rings is 1. The number of methoxy groups -OCH3 is 1. The van der Waals surface area contributed by atoms with E-state index in [0.717, 1.165) is 18.9 Å². The molecule has 2 aromatic carbocycles. The quantitative estimate of drug-likeness (QED) is 0.521. The molecule has 1 amide bonds. The lowest BCUT2D eigenvalue weighted by molar-refractivity contribution is -0.117. The topological polar surface area (TPSA) is 104 Å². The van der Waals surface area contributed by atoms with E-state index in [1.165, 1.54) is 6.20 Å². The molecule has 0 bridgehead atoms. The van der Waals surface area contributed by atoms with Crippen molar-refractivity contribution in [1.82, 2.24) is 9.47 Å². The summed E-state index contributed by atoms with van der Waals surface area (Å²) in [5.41, 5.74) is 0.557. The number of amides is 1. The van der Waals surface area contributed by atoms with Gasteiger partial charge in [-0.3, -0.25) is 14.5 Å². The van der Waals surface area contributed by atoms with Gasteiger partial charge in [0.1, 0.15) is 17.1 Å². The summed E-state index contributed by atoms with van der Waals surface area (Å²) < 4.78 is 22.1. The second-order valence-corrected chi connectivity index (χ2v) is 9.18. The summed E-state index contributed by atoms with van der Waals surface area (Å²) in [5.74, 6) is -1.36. The number of aromatic nitrogens is 1. The molecule has 1 aliphatic heterocycles. The number of fused-ring (bicyclic) bond motifs is 1. The lowest BCUT2D eigenvalue weighted by atomic mass is 10.1. The molecule has 2 heterocycles. The maximum Gasteiger partial charge on any atom is 0.341 e. The summed E-state index contributed by atoms with van der Waals surface area (Å²) in [6, 6.07) is 10.1. The van der Waals surface area contributed by atoms with Crippen molar-refractivity contribution in [3.05, 3.63) is 64.2 Å². The fourth-order valence-electron chi connectivity index (χ4n) is 4.66. The zero-order chi connectivity index (χ0) is 25.4. The van der Waals surface area contributed by atoms with Crippen LogP contribution in [-0.4, -0.2) is 66.3 Å². The van der Waals surface area contributed by atoms with Gasteiger partial charge >= 0.3 is 5.97 Å². The summed E-state index contributed by atoms with van der Waals surface area (Å²) in [6.07, 6.45) is 3.16. The van der Waals surface area contributed by atoms with Crippen LogP contribution < -0.4 is 20.4 Å². The molecule has 0 unspecified atom stereocenters. The highest BCUT2D eigenvalue weighted by molar-refractivity contribution is 5.94. The minimum atomic E-state index is -1.31. The highest BCUT2D eigenvalue weighted by atomic mass is 19.1. The summed E-state index contributed by atoms with van der Waals surface area (Å²) in [4.78, 5) is 40.6.